The monoisotopic (exact) mass is 343 g/mol. The number of piperidine rings is 1. The lowest BCUT2D eigenvalue weighted by molar-refractivity contribution is 0.0650. The Morgan fingerprint density at radius 3 is 2.64 bits per heavy atom. The molecule has 1 heterocycles. The summed E-state index contributed by atoms with van der Waals surface area (Å²) in [6.45, 7) is 1.81. The standard InChI is InChI=1S/C20H22FNO3/c21-18-5-2-6-19(12-18)25-14-16-3-1-4-17(11-16)20(24)22-9-7-15(13-23)8-10-22/h1-6,11-12,15,23H,7-10,13-14H2. The van der Waals surface area contributed by atoms with Crippen molar-refractivity contribution in [1.29, 1.82) is 0 Å². The Bertz CT molecular complexity index is 726. The smallest absolute Gasteiger partial charge is 0.253 e. The molecule has 0 aliphatic carbocycles. The zero-order chi connectivity index (χ0) is 17.6. The minimum atomic E-state index is -0.340. The molecule has 132 valence electrons. The summed E-state index contributed by atoms with van der Waals surface area (Å²) < 4.78 is 18.8. The summed E-state index contributed by atoms with van der Waals surface area (Å²) in [5.41, 5.74) is 1.49. The second-order valence-corrected chi connectivity index (χ2v) is 6.36. The molecule has 0 radical (unpaired) electrons. The minimum Gasteiger partial charge on any atom is -0.489 e. The quantitative estimate of drug-likeness (QED) is 0.907. The highest BCUT2D eigenvalue weighted by molar-refractivity contribution is 5.94. The van der Waals surface area contributed by atoms with Gasteiger partial charge in [-0.3, -0.25) is 4.79 Å². The van der Waals surface area contributed by atoms with Crippen molar-refractivity contribution in [3.63, 3.8) is 0 Å². The van der Waals surface area contributed by atoms with Crippen LogP contribution in [0.5, 0.6) is 5.75 Å². The number of amides is 1. The number of hydrogen-bond donors (Lipinski definition) is 1. The van der Waals surface area contributed by atoms with Crippen molar-refractivity contribution >= 4 is 5.91 Å². The van der Waals surface area contributed by atoms with Crippen LogP contribution in [0.15, 0.2) is 48.5 Å². The van der Waals surface area contributed by atoms with Gasteiger partial charge in [0.05, 0.1) is 0 Å². The van der Waals surface area contributed by atoms with Gasteiger partial charge in [-0.25, -0.2) is 4.39 Å². The SMILES string of the molecule is O=C(c1cccc(COc2cccc(F)c2)c1)N1CCC(CO)CC1. The highest BCUT2D eigenvalue weighted by atomic mass is 19.1. The van der Waals surface area contributed by atoms with Gasteiger partial charge in [0.1, 0.15) is 18.2 Å². The lowest BCUT2D eigenvalue weighted by Gasteiger charge is -2.31. The second kappa shape index (κ2) is 8.12. The van der Waals surface area contributed by atoms with E-state index in [1.807, 2.05) is 23.1 Å². The van der Waals surface area contributed by atoms with Crippen LogP contribution in [0.3, 0.4) is 0 Å². The third kappa shape index (κ3) is 4.57. The zero-order valence-electron chi connectivity index (χ0n) is 14.0. The number of rotatable bonds is 5. The molecule has 0 aromatic heterocycles. The molecule has 0 spiro atoms. The average Bonchev–Trinajstić information content (AvgIpc) is 2.66. The van der Waals surface area contributed by atoms with E-state index >= 15 is 0 Å². The molecule has 0 bridgehead atoms. The first-order valence-electron chi connectivity index (χ1n) is 8.53. The van der Waals surface area contributed by atoms with Crippen LogP contribution in [0.1, 0.15) is 28.8 Å². The van der Waals surface area contributed by atoms with Crippen molar-refractivity contribution in [2.24, 2.45) is 5.92 Å². The molecule has 1 N–H and O–H groups in total. The Hall–Kier alpha value is -2.40. The highest BCUT2D eigenvalue weighted by Crippen LogP contribution is 2.20. The van der Waals surface area contributed by atoms with Gasteiger partial charge in [0.15, 0.2) is 0 Å². The van der Waals surface area contributed by atoms with Crippen LogP contribution >= 0.6 is 0 Å². The van der Waals surface area contributed by atoms with Crippen LogP contribution < -0.4 is 4.74 Å². The lowest BCUT2D eigenvalue weighted by atomic mass is 9.97. The van der Waals surface area contributed by atoms with Gasteiger partial charge in [0.2, 0.25) is 0 Å². The maximum atomic E-state index is 13.2. The summed E-state index contributed by atoms with van der Waals surface area (Å²) >= 11 is 0. The zero-order valence-corrected chi connectivity index (χ0v) is 14.0. The molecule has 1 amide bonds. The van der Waals surface area contributed by atoms with E-state index < -0.39 is 0 Å². The maximum Gasteiger partial charge on any atom is 0.253 e. The first-order valence-corrected chi connectivity index (χ1v) is 8.53. The van der Waals surface area contributed by atoms with Crippen LogP contribution in [-0.4, -0.2) is 35.6 Å². The topological polar surface area (TPSA) is 49.8 Å². The number of halogens is 1. The number of aliphatic hydroxyl groups excluding tert-OH is 1. The molecule has 25 heavy (non-hydrogen) atoms. The Balaban J connectivity index is 1.62. The number of ether oxygens (including phenoxy) is 1. The molecule has 1 saturated heterocycles. The third-order valence-electron chi connectivity index (χ3n) is 4.54. The molecule has 1 aliphatic rings. The number of benzene rings is 2. The molecule has 3 rings (SSSR count). The van der Waals surface area contributed by atoms with Crippen molar-refractivity contribution < 1.29 is 19.0 Å². The van der Waals surface area contributed by atoms with Gasteiger partial charge in [0, 0.05) is 31.3 Å². The van der Waals surface area contributed by atoms with Crippen LogP contribution in [-0.2, 0) is 6.61 Å². The molecule has 1 fully saturated rings. The van der Waals surface area contributed by atoms with E-state index in [1.165, 1.54) is 12.1 Å². The van der Waals surface area contributed by atoms with E-state index in [0.717, 1.165) is 18.4 Å². The highest BCUT2D eigenvalue weighted by Gasteiger charge is 2.23. The number of aliphatic hydroxyl groups is 1. The van der Waals surface area contributed by atoms with Crippen molar-refractivity contribution in [1.82, 2.24) is 4.90 Å². The fourth-order valence-electron chi connectivity index (χ4n) is 3.02. The summed E-state index contributed by atoms with van der Waals surface area (Å²) in [6, 6.07) is 13.3. The van der Waals surface area contributed by atoms with Gasteiger partial charge in [-0.15, -0.1) is 0 Å². The minimum absolute atomic E-state index is 0.00370. The van der Waals surface area contributed by atoms with E-state index in [9.17, 15) is 14.3 Å². The normalized spacial score (nSPS) is 15.2. The van der Waals surface area contributed by atoms with Gasteiger partial charge in [-0.05, 0) is 48.6 Å². The van der Waals surface area contributed by atoms with Crippen molar-refractivity contribution in [2.45, 2.75) is 19.4 Å². The first kappa shape index (κ1) is 17.4. The number of nitrogens with zero attached hydrogens (tertiary/aromatic N) is 1. The molecule has 0 unspecified atom stereocenters. The van der Waals surface area contributed by atoms with Crippen LogP contribution in [0.25, 0.3) is 0 Å². The fraction of sp³-hybridized carbons (Fsp3) is 0.350. The Kier molecular flexibility index (Phi) is 5.66. The van der Waals surface area contributed by atoms with Gasteiger partial charge in [-0.2, -0.15) is 0 Å². The molecule has 4 nitrogen and oxygen atoms in total. The van der Waals surface area contributed by atoms with Gasteiger partial charge < -0.3 is 14.7 Å². The molecule has 1 aliphatic heterocycles. The summed E-state index contributed by atoms with van der Waals surface area (Å²) in [7, 11) is 0. The number of likely N-dealkylation sites (tertiary alicyclic amines) is 1. The molecule has 2 aromatic rings. The average molecular weight is 343 g/mol. The van der Waals surface area contributed by atoms with Crippen LogP contribution in [0.4, 0.5) is 4.39 Å². The van der Waals surface area contributed by atoms with E-state index in [4.69, 9.17) is 4.74 Å². The molecule has 5 heteroatoms. The van der Waals surface area contributed by atoms with E-state index in [2.05, 4.69) is 0 Å². The van der Waals surface area contributed by atoms with E-state index in [-0.39, 0.29) is 24.9 Å². The Morgan fingerprint density at radius 2 is 1.92 bits per heavy atom. The summed E-state index contributed by atoms with van der Waals surface area (Å²) in [5.74, 6) is 0.426. The van der Waals surface area contributed by atoms with Gasteiger partial charge >= 0.3 is 0 Å². The fourth-order valence-corrected chi connectivity index (χ4v) is 3.02. The Labute approximate surface area is 146 Å². The lowest BCUT2D eigenvalue weighted by Crippen LogP contribution is -2.39. The van der Waals surface area contributed by atoms with Crippen molar-refractivity contribution in [2.75, 3.05) is 19.7 Å². The number of hydrogen-bond acceptors (Lipinski definition) is 3. The first-order chi connectivity index (χ1) is 12.2. The second-order valence-electron chi connectivity index (χ2n) is 6.36. The van der Waals surface area contributed by atoms with Gasteiger partial charge in [-0.1, -0.05) is 18.2 Å². The van der Waals surface area contributed by atoms with E-state index in [1.54, 1.807) is 18.2 Å². The van der Waals surface area contributed by atoms with Crippen LogP contribution in [0.2, 0.25) is 0 Å². The molecular formula is C20H22FNO3. The molecule has 0 atom stereocenters. The Morgan fingerprint density at radius 1 is 1.16 bits per heavy atom. The van der Waals surface area contributed by atoms with Gasteiger partial charge in [0.25, 0.3) is 5.91 Å². The molecule has 0 saturated carbocycles. The molecular weight excluding hydrogens is 321 g/mol. The van der Waals surface area contributed by atoms with E-state index in [0.29, 0.717) is 30.3 Å². The predicted molar refractivity (Wildman–Crippen MR) is 92.9 cm³/mol. The van der Waals surface area contributed by atoms with Crippen LogP contribution in [0, 0.1) is 11.7 Å². The van der Waals surface area contributed by atoms with Crippen molar-refractivity contribution in [3.8, 4) is 5.75 Å². The summed E-state index contributed by atoms with van der Waals surface area (Å²) in [4.78, 5) is 14.5. The third-order valence-corrected chi connectivity index (χ3v) is 4.54. The summed E-state index contributed by atoms with van der Waals surface area (Å²) in [6.07, 6.45) is 1.68. The number of carbonyl (C=O) groups excluding carboxylic acids is 1. The number of carbonyl (C=O) groups is 1. The van der Waals surface area contributed by atoms with Crippen molar-refractivity contribution in [3.05, 3.63) is 65.5 Å². The predicted octanol–water partition coefficient (Wildman–Crippen LogP) is 3.25. The maximum absolute atomic E-state index is 13.2. The molecule has 2 aromatic carbocycles. The largest absolute Gasteiger partial charge is 0.489 e. The summed E-state index contributed by atoms with van der Waals surface area (Å²) in [5, 5.41) is 9.20.